The van der Waals surface area contributed by atoms with Crippen molar-refractivity contribution < 1.29 is 18.8 Å². The first kappa shape index (κ1) is 17.1. The number of H-pyrrole nitrogens is 1. The van der Waals surface area contributed by atoms with Gasteiger partial charge in [0, 0.05) is 24.7 Å². The van der Waals surface area contributed by atoms with Crippen molar-refractivity contribution in [1.82, 2.24) is 9.88 Å². The van der Waals surface area contributed by atoms with Gasteiger partial charge < -0.3 is 9.88 Å². The molecule has 0 aliphatic carbocycles. The molecule has 5 nitrogen and oxygen atoms in total. The number of nitrogens with one attached hydrogen (secondary N) is 1. The molecule has 1 amide bonds. The lowest BCUT2D eigenvalue weighted by atomic mass is 10.00. The summed E-state index contributed by atoms with van der Waals surface area (Å²) in [5, 5.41) is 0. The number of aromatic amines is 1. The molecular weight excluding hydrogens is 323 g/mol. The lowest BCUT2D eigenvalue weighted by Gasteiger charge is -2.19. The molecule has 1 aliphatic rings. The van der Waals surface area contributed by atoms with Gasteiger partial charge in [0.25, 0.3) is 5.91 Å². The van der Waals surface area contributed by atoms with Crippen molar-refractivity contribution in [3.63, 3.8) is 0 Å². The molecule has 1 N–H and O–H groups in total. The quantitative estimate of drug-likeness (QED) is 0.515. The third kappa shape index (κ3) is 3.38. The van der Waals surface area contributed by atoms with Crippen molar-refractivity contribution in [2.24, 2.45) is 5.92 Å². The Kier molecular flexibility index (Phi) is 4.53. The number of amides is 1. The maximum absolute atomic E-state index is 12.9. The average molecular weight is 342 g/mol. The molecule has 0 bridgehead atoms. The predicted molar refractivity (Wildman–Crippen MR) is 89.7 cm³/mol. The fraction of sp³-hybridized carbons (Fsp3) is 0.316. The first-order valence-electron chi connectivity index (χ1n) is 8.18. The van der Waals surface area contributed by atoms with Gasteiger partial charge in [-0.3, -0.25) is 14.4 Å². The van der Waals surface area contributed by atoms with Crippen LogP contribution >= 0.6 is 0 Å². The first-order valence-corrected chi connectivity index (χ1v) is 8.18. The number of benzene rings is 1. The van der Waals surface area contributed by atoms with E-state index in [9.17, 15) is 18.8 Å². The number of carbonyl (C=O) groups excluding carboxylic acids is 3. The monoisotopic (exact) mass is 342 g/mol. The Labute approximate surface area is 144 Å². The van der Waals surface area contributed by atoms with Crippen molar-refractivity contribution in [3.8, 4) is 0 Å². The maximum Gasteiger partial charge on any atom is 0.291 e. The van der Waals surface area contributed by atoms with E-state index in [1.54, 1.807) is 24.3 Å². The molecule has 3 rings (SSSR count). The molecule has 2 aromatic rings. The molecule has 0 radical (unpaired) electrons. The van der Waals surface area contributed by atoms with Crippen LogP contribution in [-0.4, -0.2) is 39.9 Å². The highest BCUT2D eigenvalue weighted by Gasteiger charge is 2.44. The largest absolute Gasteiger partial charge is 0.356 e. The summed E-state index contributed by atoms with van der Waals surface area (Å²) in [6.07, 6.45) is 0.517. The fourth-order valence-electron chi connectivity index (χ4n) is 3.00. The number of Topliss-reactive ketones (excluding diaryl/α,β-unsaturated/α-hetero) is 2. The zero-order valence-electron chi connectivity index (χ0n) is 14.1. The van der Waals surface area contributed by atoms with E-state index in [0.29, 0.717) is 12.1 Å². The smallest absolute Gasteiger partial charge is 0.291 e. The van der Waals surface area contributed by atoms with Crippen LogP contribution in [-0.2, 0) is 16.0 Å². The normalized spacial score (nSPS) is 17.6. The number of hydrogen-bond acceptors (Lipinski definition) is 3. The number of ketones is 2. The molecule has 1 aliphatic heterocycles. The molecule has 130 valence electrons. The highest BCUT2D eigenvalue weighted by Crippen LogP contribution is 2.21. The van der Waals surface area contributed by atoms with E-state index in [-0.39, 0.29) is 24.2 Å². The molecule has 1 aromatic carbocycles. The minimum absolute atomic E-state index is 0.119. The molecule has 6 heteroatoms. The van der Waals surface area contributed by atoms with Gasteiger partial charge in [-0.05, 0) is 43.7 Å². The second-order valence-electron chi connectivity index (χ2n) is 6.53. The van der Waals surface area contributed by atoms with Crippen molar-refractivity contribution in [3.05, 3.63) is 59.2 Å². The van der Waals surface area contributed by atoms with E-state index in [0.717, 1.165) is 11.3 Å². The Morgan fingerprint density at radius 2 is 1.88 bits per heavy atom. The van der Waals surface area contributed by atoms with Gasteiger partial charge in [0.15, 0.2) is 5.78 Å². The molecule has 2 heterocycles. The summed E-state index contributed by atoms with van der Waals surface area (Å²) in [5.41, 5.74) is 2.00. The van der Waals surface area contributed by atoms with Gasteiger partial charge >= 0.3 is 0 Å². The first-order chi connectivity index (χ1) is 11.9. The van der Waals surface area contributed by atoms with Gasteiger partial charge in [-0.15, -0.1) is 0 Å². The minimum Gasteiger partial charge on any atom is -0.356 e. The Morgan fingerprint density at radius 3 is 2.48 bits per heavy atom. The predicted octanol–water partition coefficient (Wildman–Crippen LogP) is 2.36. The van der Waals surface area contributed by atoms with Gasteiger partial charge in [-0.25, -0.2) is 4.39 Å². The molecule has 1 saturated heterocycles. The number of carbonyl (C=O) groups is 3. The summed E-state index contributed by atoms with van der Waals surface area (Å²) in [6, 6.07) is 9.39. The van der Waals surface area contributed by atoms with E-state index in [4.69, 9.17) is 0 Å². The summed E-state index contributed by atoms with van der Waals surface area (Å²) >= 11 is 0. The minimum atomic E-state index is -0.952. The summed E-state index contributed by atoms with van der Waals surface area (Å²) < 4.78 is 12.9. The second kappa shape index (κ2) is 6.63. The van der Waals surface area contributed by atoms with Gasteiger partial charge in [0.2, 0.25) is 5.78 Å². The van der Waals surface area contributed by atoms with Crippen molar-refractivity contribution in [1.29, 1.82) is 0 Å². The molecule has 0 spiro atoms. The zero-order valence-corrected chi connectivity index (χ0v) is 14.1. The van der Waals surface area contributed by atoms with Crippen LogP contribution in [0.15, 0.2) is 36.4 Å². The maximum atomic E-state index is 12.9. The highest BCUT2D eigenvalue weighted by atomic mass is 19.1. The van der Waals surface area contributed by atoms with Crippen LogP contribution in [0.4, 0.5) is 4.39 Å². The van der Waals surface area contributed by atoms with Gasteiger partial charge in [0.1, 0.15) is 11.7 Å². The Balaban J connectivity index is 1.73. The van der Waals surface area contributed by atoms with E-state index in [1.165, 1.54) is 17.0 Å². The number of likely N-dealkylation sites (tertiary alicyclic amines) is 1. The molecule has 1 aromatic heterocycles. The number of hydrogen-bond donors (Lipinski definition) is 1. The lowest BCUT2D eigenvalue weighted by Crippen LogP contribution is -2.33. The third-order valence-electron chi connectivity index (χ3n) is 4.43. The standard InChI is InChI=1S/C19H19FN2O3/c1-11(2)22-10-15(18(24)19(22)25)17(23)16-8-7-14(21-16)9-12-3-5-13(20)6-4-12/h3-8,11,15,21H,9-10H2,1-2H3. The molecule has 1 atom stereocenters. The summed E-state index contributed by atoms with van der Waals surface area (Å²) in [4.78, 5) is 41.1. The van der Waals surface area contributed by atoms with Crippen LogP contribution in [0.1, 0.15) is 35.6 Å². The van der Waals surface area contributed by atoms with E-state index < -0.39 is 17.6 Å². The van der Waals surface area contributed by atoms with Crippen LogP contribution in [0, 0.1) is 11.7 Å². The SMILES string of the molecule is CC(C)N1CC(C(=O)c2ccc(Cc3ccc(F)cc3)[nH]2)C(=O)C1=O. The molecule has 25 heavy (non-hydrogen) atoms. The number of aromatic nitrogens is 1. The van der Waals surface area contributed by atoms with Crippen LogP contribution in [0.5, 0.6) is 0 Å². The Hall–Kier alpha value is -2.76. The zero-order chi connectivity index (χ0) is 18.1. The molecular formula is C19H19FN2O3. The molecule has 0 saturated carbocycles. The topological polar surface area (TPSA) is 70.2 Å². The van der Waals surface area contributed by atoms with Gasteiger partial charge in [0.05, 0.1) is 5.69 Å². The highest BCUT2D eigenvalue weighted by molar-refractivity contribution is 6.43. The fourth-order valence-corrected chi connectivity index (χ4v) is 3.00. The summed E-state index contributed by atoms with van der Waals surface area (Å²) in [5.74, 6) is -2.86. The number of rotatable bonds is 5. The van der Waals surface area contributed by atoms with E-state index >= 15 is 0 Å². The summed E-state index contributed by atoms with van der Waals surface area (Å²) in [6.45, 7) is 3.75. The third-order valence-corrected chi connectivity index (χ3v) is 4.43. The van der Waals surface area contributed by atoms with Crippen molar-refractivity contribution in [2.75, 3.05) is 6.54 Å². The number of nitrogens with zero attached hydrogens (tertiary/aromatic N) is 1. The van der Waals surface area contributed by atoms with Gasteiger partial charge in [-0.1, -0.05) is 12.1 Å². The average Bonchev–Trinajstić information content (AvgIpc) is 3.15. The van der Waals surface area contributed by atoms with Crippen molar-refractivity contribution in [2.45, 2.75) is 26.3 Å². The summed E-state index contributed by atoms with van der Waals surface area (Å²) in [7, 11) is 0. The van der Waals surface area contributed by atoms with E-state index in [2.05, 4.69) is 4.98 Å². The van der Waals surface area contributed by atoms with E-state index in [1.807, 2.05) is 13.8 Å². The Bertz CT molecular complexity index is 823. The molecule has 1 unspecified atom stereocenters. The molecule has 1 fully saturated rings. The van der Waals surface area contributed by atoms with Crippen molar-refractivity contribution >= 4 is 17.5 Å². The lowest BCUT2D eigenvalue weighted by molar-refractivity contribution is -0.141. The number of halogens is 1. The Morgan fingerprint density at radius 1 is 1.20 bits per heavy atom. The van der Waals surface area contributed by atoms with Crippen LogP contribution in [0.25, 0.3) is 0 Å². The second-order valence-corrected chi connectivity index (χ2v) is 6.53. The van der Waals surface area contributed by atoms with Crippen LogP contribution in [0.3, 0.4) is 0 Å². The van der Waals surface area contributed by atoms with Crippen LogP contribution in [0.2, 0.25) is 0 Å². The van der Waals surface area contributed by atoms with Crippen LogP contribution < -0.4 is 0 Å². The van der Waals surface area contributed by atoms with Gasteiger partial charge in [-0.2, -0.15) is 0 Å².